The number of para-hydroxylation sites is 1. The van der Waals surface area contributed by atoms with E-state index >= 15 is 14.4 Å². The SMILES string of the molecule is CCSCN1C(=O)N[C@@H](Cc2cnc[nH]2)C(=O)N[C@H](C)C(=O)N[C@@H](Cc2cnc[nH]2)C(=O)N[C@@H](Cc2c[nH]c3ccccc23)C(=O)N[C@H]2CSSC(NC(=O)[C@H](CCCN=C(N)N)NC(=O)[C@H](CCCN)NC(=O)[C@H](CCC(=O)O)NC(=O)[C@H](CCCN)NC(=O)[C@H](C)NC2=O)C1=O. The molecule has 2 fully saturated rings. The van der Waals surface area contributed by atoms with Crippen LogP contribution in [0.4, 0.5) is 4.79 Å². The summed E-state index contributed by atoms with van der Waals surface area (Å²) in [5.74, 6) is -13.4. The van der Waals surface area contributed by atoms with Crippen LogP contribution in [-0.2, 0) is 76.8 Å². The van der Waals surface area contributed by atoms with Gasteiger partial charge in [-0.3, -0.25) is 67.4 Å². The standard InChI is InChI=1S/C59H86N22O14S3/c1-4-96-29-81-57(94)56-80-51(89)39(14-9-19-66-58(62)63)74-49(87)38(13-8-18-61)73-50(88)40(15-16-45(82)83)75-48(86)37(12-7-17-60)72-46(84)30(2)71-55(93)44(26-97-98-56)78-53(91)41(20-32-23-67-36-11-6-5-10-35(32)36)77-54(92)42(21-33-24-64-27-68-33)76-47(85)31(3)70-52(90)43(79-59(81)95)22-34-25-65-28-69-34/h5-6,10-11,23-25,27-28,30-31,37-44,56,67H,4,7-9,12-22,26,29,60-61H2,1-3H3,(H,64,68)(H,65,69)(H,70,90)(H,71,93)(H,72,84)(H,73,88)(H,74,87)(H,75,86)(H,76,85)(H,77,92)(H,78,91)(H,79,95)(H,80,89)(H,82,83)(H4,62,63,66)/t30-,31+,37-,38-,39-,40-,41-,42-,43-,44-,56?/m0/s1. The first-order valence-corrected chi connectivity index (χ1v) is 35.1. The molecule has 1 aromatic carbocycles. The van der Waals surface area contributed by atoms with E-state index in [4.69, 9.17) is 22.9 Å². The number of hydrogen-bond donors (Lipinski definition) is 19. The topological polar surface area (TPSA) is 567 Å². The lowest BCUT2D eigenvalue weighted by atomic mass is 10.0. The second kappa shape index (κ2) is 39.1. The number of nitrogens with one attached hydrogen (secondary N) is 14. The van der Waals surface area contributed by atoms with Crippen LogP contribution in [0.3, 0.4) is 0 Å². The number of aromatic amines is 3. The van der Waals surface area contributed by atoms with Crippen LogP contribution in [-0.4, -0.2) is 221 Å². The summed E-state index contributed by atoms with van der Waals surface area (Å²) in [5, 5.41) is 37.1. The van der Waals surface area contributed by atoms with Crippen molar-refractivity contribution in [2.24, 2.45) is 27.9 Å². The molecule has 534 valence electrons. The number of aliphatic imine (C=N–C) groups is 1. The van der Waals surface area contributed by atoms with E-state index in [-0.39, 0.29) is 83.4 Å². The van der Waals surface area contributed by atoms with Crippen molar-refractivity contribution in [3.05, 3.63) is 72.5 Å². The molecule has 13 amide bonds. The number of carboxylic acids is 1. The molecule has 36 nitrogen and oxygen atoms in total. The monoisotopic (exact) mass is 1420 g/mol. The minimum atomic E-state index is -1.88. The van der Waals surface area contributed by atoms with Gasteiger partial charge in [-0.05, 0) is 89.3 Å². The van der Waals surface area contributed by atoms with Crippen molar-refractivity contribution in [2.45, 2.75) is 157 Å². The molecule has 4 aromatic rings. The van der Waals surface area contributed by atoms with Crippen molar-refractivity contribution in [1.82, 2.24) is 88.3 Å². The van der Waals surface area contributed by atoms with Crippen molar-refractivity contribution in [1.29, 1.82) is 0 Å². The number of benzene rings is 1. The molecule has 98 heavy (non-hydrogen) atoms. The molecule has 0 spiro atoms. The maximum Gasteiger partial charge on any atom is 0.325 e. The number of imide groups is 1. The summed E-state index contributed by atoms with van der Waals surface area (Å²) in [6.07, 6.45) is 4.64. The van der Waals surface area contributed by atoms with Gasteiger partial charge in [0.25, 0.3) is 5.91 Å². The van der Waals surface area contributed by atoms with E-state index < -0.39 is 167 Å². The first-order valence-electron chi connectivity index (χ1n) is 31.6. The average Bonchev–Trinajstić information content (AvgIpc) is 1.52. The first kappa shape index (κ1) is 77.5. The zero-order chi connectivity index (χ0) is 71.4. The van der Waals surface area contributed by atoms with Crippen LogP contribution in [0.25, 0.3) is 10.9 Å². The molecule has 2 bridgehead atoms. The van der Waals surface area contributed by atoms with Gasteiger partial charge < -0.3 is 101 Å². The number of urea groups is 1. The zero-order valence-electron chi connectivity index (χ0n) is 54.1. The van der Waals surface area contributed by atoms with E-state index in [0.717, 1.165) is 11.8 Å². The molecule has 11 atom stereocenters. The molecular weight excluding hydrogens is 1340 g/mol. The number of H-pyrrole nitrogens is 3. The number of aromatic nitrogens is 5. The lowest BCUT2D eigenvalue weighted by Crippen LogP contribution is -2.61. The van der Waals surface area contributed by atoms with Gasteiger partial charge >= 0.3 is 12.0 Å². The Morgan fingerprint density at radius 1 is 0.592 bits per heavy atom. The van der Waals surface area contributed by atoms with E-state index in [1.54, 1.807) is 37.4 Å². The van der Waals surface area contributed by atoms with Crippen molar-refractivity contribution >= 4 is 127 Å². The van der Waals surface area contributed by atoms with Gasteiger partial charge in [0, 0.05) is 78.9 Å². The van der Waals surface area contributed by atoms with Gasteiger partial charge in [0.15, 0.2) is 11.3 Å². The van der Waals surface area contributed by atoms with Crippen LogP contribution in [0.1, 0.15) is 89.1 Å². The number of carboxylic acid groups (broad SMARTS) is 1. The minimum absolute atomic E-state index is 0.00694. The third kappa shape index (κ3) is 24.0. The number of imidazole rings is 2. The lowest BCUT2D eigenvalue weighted by molar-refractivity contribution is -0.139. The van der Waals surface area contributed by atoms with Gasteiger partial charge in [-0.1, -0.05) is 46.7 Å². The number of aliphatic carboxylic acids is 1. The third-order valence-corrected chi connectivity index (χ3v) is 18.8. The fourth-order valence-electron chi connectivity index (χ4n) is 10.1. The zero-order valence-corrected chi connectivity index (χ0v) is 56.6. The van der Waals surface area contributed by atoms with Gasteiger partial charge in [-0.15, -0.1) is 11.8 Å². The number of hydrogen-bond acceptors (Lipinski definition) is 21. The van der Waals surface area contributed by atoms with Gasteiger partial charge in [0.05, 0.1) is 18.5 Å². The number of guanidine groups is 1. The molecule has 0 aliphatic carbocycles. The Balaban J connectivity index is 1.54. The fraction of sp³-hybridized carbons (Fsp3) is 0.525. The highest BCUT2D eigenvalue weighted by Crippen LogP contribution is 2.29. The van der Waals surface area contributed by atoms with E-state index in [0.29, 0.717) is 60.1 Å². The van der Waals surface area contributed by atoms with Crippen LogP contribution in [0.15, 0.2) is 60.5 Å². The maximum atomic E-state index is 15.5. The maximum absolute atomic E-state index is 15.5. The first-order chi connectivity index (χ1) is 46.9. The number of carbonyl (C=O) groups excluding carboxylic acids is 12. The molecule has 2 aliphatic heterocycles. The molecule has 2 saturated heterocycles. The lowest BCUT2D eigenvalue weighted by Gasteiger charge is -2.30. The van der Waals surface area contributed by atoms with Crippen LogP contribution in [0.5, 0.6) is 0 Å². The van der Waals surface area contributed by atoms with E-state index in [1.807, 2.05) is 0 Å². The Morgan fingerprint density at radius 3 is 1.62 bits per heavy atom. The van der Waals surface area contributed by atoms with Crippen LogP contribution >= 0.6 is 33.3 Å². The molecule has 2 aliphatic rings. The van der Waals surface area contributed by atoms with Crippen LogP contribution in [0, 0.1) is 0 Å². The minimum Gasteiger partial charge on any atom is -0.481 e. The summed E-state index contributed by atoms with van der Waals surface area (Å²) in [7, 11) is 1.28. The van der Waals surface area contributed by atoms with Crippen LogP contribution < -0.4 is 81.4 Å². The fourth-order valence-corrected chi connectivity index (χ4v) is 13.1. The highest BCUT2D eigenvalue weighted by atomic mass is 33.1. The molecule has 6 rings (SSSR count). The molecule has 3 aromatic heterocycles. The highest BCUT2D eigenvalue weighted by molar-refractivity contribution is 8.77. The Hall–Kier alpha value is -9.47. The number of amides is 13. The predicted molar refractivity (Wildman–Crippen MR) is 363 cm³/mol. The number of fused-ring (bicyclic) bond motifs is 5. The third-order valence-electron chi connectivity index (χ3n) is 15.4. The van der Waals surface area contributed by atoms with Gasteiger partial charge in [-0.2, -0.15) is 0 Å². The molecule has 1 unspecified atom stereocenters. The summed E-state index contributed by atoms with van der Waals surface area (Å²) in [5.41, 5.74) is 24.8. The highest BCUT2D eigenvalue weighted by Gasteiger charge is 2.40. The van der Waals surface area contributed by atoms with Crippen molar-refractivity contribution < 1.29 is 67.4 Å². The Kier molecular flexibility index (Phi) is 30.9. The molecule has 23 N–H and O–H groups in total. The second-order valence-electron chi connectivity index (χ2n) is 22.9. The smallest absolute Gasteiger partial charge is 0.325 e. The Bertz CT molecular complexity index is 3450. The van der Waals surface area contributed by atoms with Gasteiger partial charge in [-0.25, -0.2) is 14.8 Å². The number of nitrogens with zero attached hydrogens (tertiary/aromatic N) is 4. The van der Waals surface area contributed by atoms with E-state index in [2.05, 4.69) is 88.4 Å². The average molecular weight is 1420 g/mol. The Labute approximate surface area is 574 Å². The number of rotatable bonds is 22. The molecule has 0 saturated carbocycles. The molecule has 0 radical (unpaired) electrons. The Morgan fingerprint density at radius 2 is 1.07 bits per heavy atom. The van der Waals surface area contributed by atoms with E-state index in [9.17, 15) is 53.1 Å². The van der Waals surface area contributed by atoms with Crippen molar-refractivity contribution in [3.8, 4) is 0 Å². The van der Waals surface area contributed by atoms with Crippen molar-refractivity contribution in [3.63, 3.8) is 0 Å². The number of carbonyl (C=O) groups is 13. The normalized spacial score (nSPS) is 24.5. The summed E-state index contributed by atoms with van der Waals surface area (Å²) in [4.78, 5) is 210. The summed E-state index contributed by atoms with van der Waals surface area (Å²) >= 11 is 1.07. The van der Waals surface area contributed by atoms with E-state index in [1.165, 1.54) is 38.9 Å². The number of nitrogens with two attached hydrogens (primary N) is 4. The molecular formula is C59H86N22O14S3. The quantitative estimate of drug-likeness (QED) is 0.0154. The summed E-state index contributed by atoms with van der Waals surface area (Å²) in [6, 6.07) is -9.85. The van der Waals surface area contributed by atoms with Crippen molar-refractivity contribution in [2.75, 3.05) is 37.0 Å². The molecule has 5 heterocycles. The molecule has 39 heteroatoms. The summed E-state index contributed by atoms with van der Waals surface area (Å²) in [6.45, 7) is 4.20. The predicted octanol–water partition coefficient (Wildman–Crippen LogP) is -4.09. The second-order valence-corrected chi connectivity index (χ2v) is 26.7. The summed E-state index contributed by atoms with van der Waals surface area (Å²) < 4.78 is 0. The van der Waals surface area contributed by atoms with Crippen LogP contribution in [0.2, 0.25) is 0 Å². The van der Waals surface area contributed by atoms with Gasteiger partial charge in [0.1, 0.15) is 60.4 Å². The largest absolute Gasteiger partial charge is 0.481 e. The number of thioether (sulfide) groups is 1. The van der Waals surface area contributed by atoms with Gasteiger partial charge in [0.2, 0.25) is 59.1 Å².